The van der Waals surface area contributed by atoms with Gasteiger partial charge in [-0.2, -0.15) is 0 Å². The molecule has 0 bridgehead atoms. The zero-order valence-corrected chi connectivity index (χ0v) is 6.76. The number of hydrogen-bond donors (Lipinski definition) is 3. The first-order valence-electron chi connectivity index (χ1n) is 2.04. The van der Waals surface area contributed by atoms with Crippen LogP contribution in [0.2, 0.25) is 0 Å². The molecule has 0 aliphatic heterocycles. The summed E-state index contributed by atoms with van der Waals surface area (Å²) in [5.41, 5.74) is 4.93. The van der Waals surface area contributed by atoms with Crippen molar-refractivity contribution >= 4 is 30.8 Å². The zero-order chi connectivity index (χ0) is 5.86. The van der Waals surface area contributed by atoms with E-state index in [0.717, 1.165) is 5.01 Å². The molecule has 0 aliphatic rings. The average molecular weight is 175 g/mol. The Kier molecular flexibility index (Phi) is 13.8. The van der Waals surface area contributed by atoms with Crippen molar-refractivity contribution in [2.75, 3.05) is 6.54 Å². The Hall–Kier alpha value is -0.190. The summed E-state index contributed by atoms with van der Waals surface area (Å²) in [6.07, 6.45) is 0. The average Bonchev–Trinajstić information content (AvgIpc) is 1.65. The van der Waals surface area contributed by atoms with E-state index in [4.69, 9.17) is 17.0 Å². The van der Waals surface area contributed by atoms with E-state index in [0.29, 0.717) is 6.54 Å². The smallest absolute Gasteiger partial charge is 0.202 e. The molecule has 0 unspecified atom stereocenters. The predicted molar refractivity (Wildman–Crippen MR) is 43.0 cm³/mol. The second kappa shape index (κ2) is 7.81. The highest BCUT2D eigenvalue weighted by Crippen LogP contribution is 1.67. The van der Waals surface area contributed by atoms with Gasteiger partial charge >= 0.3 is 0 Å². The van der Waals surface area contributed by atoms with Crippen LogP contribution in [-0.4, -0.2) is 17.5 Å². The van der Waals surface area contributed by atoms with E-state index in [1.54, 1.807) is 0 Å². The monoisotopic (exact) mass is 174 g/mol. The quantitative estimate of drug-likeness (QED) is 0.225. The number of nitrogens with two attached hydrogens (primary N) is 2. The van der Waals surface area contributed by atoms with Crippen molar-refractivity contribution < 1.29 is 0 Å². The summed E-state index contributed by atoms with van der Waals surface area (Å²) in [7, 11) is 0. The van der Waals surface area contributed by atoms with Crippen molar-refractivity contribution in [3.8, 4) is 0 Å². The van der Waals surface area contributed by atoms with Crippen molar-refractivity contribution in [2.24, 2.45) is 11.6 Å². The molecule has 0 aromatic heterocycles. The van der Waals surface area contributed by atoms with Gasteiger partial charge in [-0.05, 0) is 6.92 Å². The largest absolute Gasteiger partial charge is 0.369 e. The highest BCUT2D eigenvalue weighted by atomic mass is 35.5. The van der Waals surface area contributed by atoms with Crippen LogP contribution in [0.3, 0.4) is 0 Å². The van der Waals surface area contributed by atoms with E-state index < -0.39 is 0 Å². The maximum Gasteiger partial charge on any atom is 0.202 e. The van der Waals surface area contributed by atoms with Gasteiger partial charge in [-0.3, -0.25) is 10.4 Å². The predicted octanol–water partition coefficient (Wildman–Crippen LogP) is -0.0809. The summed E-state index contributed by atoms with van der Waals surface area (Å²) in [5.74, 6) is 5.00. The fourth-order valence-electron chi connectivity index (χ4n) is 0.170. The number of nitrogens with zero attached hydrogens (tertiary/aromatic N) is 1. The van der Waals surface area contributed by atoms with Gasteiger partial charge < -0.3 is 5.73 Å². The Bertz CT molecular complexity index is 76.2. The number of hydrogen-bond acceptors (Lipinski definition) is 2. The molecule has 0 fully saturated rings. The van der Waals surface area contributed by atoms with E-state index in [1.807, 2.05) is 6.92 Å². The van der Waals surface area contributed by atoms with Gasteiger partial charge in [-0.1, -0.05) is 0 Å². The number of halogens is 2. The molecule has 6 heteroatoms. The van der Waals surface area contributed by atoms with E-state index in [9.17, 15) is 0 Å². The minimum absolute atomic E-state index is 0. The Balaban J connectivity index is -0.000000180. The Morgan fingerprint density at radius 2 is 1.89 bits per heavy atom. The lowest BCUT2D eigenvalue weighted by atomic mass is 10.7. The molecular formula is C3H12Cl2N4. The maximum atomic E-state index is 6.68. The highest BCUT2D eigenvalue weighted by Gasteiger charge is 1.90. The van der Waals surface area contributed by atoms with Crippen LogP contribution in [0, 0.1) is 5.41 Å². The molecule has 0 rings (SSSR count). The first kappa shape index (κ1) is 15.9. The van der Waals surface area contributed by atoms with E-state index in [2.05, 4.69) is 0 Å². The number of hydrazine groups is 1. The van der Waals surface area contributed by atoms with Gasteiger partial charge in [0.25, 0.3) is 0 Å². The van der Waals surface area contributed by atoms with Crippen molar-refractivity contribution in [3.05, 3.63) is 0 Å². The molecule has 5 N–H and O–H groups in total. The normalized spacial score (nSPS) is 6.44. The Morgan fingerprint density at radius 1 is 1.56 bits per heavy atom. The molecule has 0 aromatic rings. The minimum atomic E-state index is -0.0949. The van der Waals surface area contributed by atoms with Crippen LogP contribution < -0.4 is 11.6 Å². The molecule has 0 heterocycles. The summed E-state index contributed by atoms with van der Waals surface area (Å²) >= 11 is 0. The van der Waals surface area contributed by atoms with Crippen LogP contribution in [0.25, 0.3) is 0 Å². The van der Waals surface area contributed by atoms with E-state index in [-0.39, 0.29) is 30.8 Å². The standard InChI is InChI=1S/C3H10N4.2ClH/c1-2-7(6)3(4)5;;/h2,6H2,1H3,(H3,4,5);2*1H. The third kappa shape index (κ3) is 7.81. The molecule has 0 radical (unpaired) electrons. The number of guanidine groups is 1. The summed E-state index contributed by atoms with van der Waals surface area (Å²) in [5, 5.41) is 7.83. The van der Waals surface area contributed by atoms with Crippen molar-refractivity contribution in [3.63, 3.8) is 0 Å². The molecule has 4 nitrogen and oxygen atoms in total. The molecule has 9 heavy (non-hydrogen) atoms. The molecule has 0 spiro atoms. The molecule has 0 aromatic carbocycles. The lowest BCUT2D eigenvalue weighted by Crippen LogP contribution is -2.41. The molecular weight excluding hydrogens is 163 g/mol. The molecule has 0 amide bonds. The third-order valence-corrected chi connectivity index (χ3v) is 0.650. The van der Waals surface area contributed by atoms with Crippen LogP contribution >= 0.6 is 24.8 Å². The van der Waals surface area contributed by atoms with Crippen LogP contribution in [-0.2, 0) is 0 Å². The van der Waals surface area contributed by atoms with Gasteiger partial charge in [-0.15, -0.1) is 24.8 Å². The van der Waals surface area contributed by atoms with Crippen LogP contribution in [0.15, 0.2) is 0 Å². The molecule has 0 saturated heterocycles. The minimum Gasteiger partial charge on any atom is -0.369 e. The second-order valence-electron chi connectivity index (χ2n) is 1.17. The van der Waals surface area contributed by atoms with Gasteiger partial charge in [0.1, 0.15) is 0 Å². The zero-order valence-electron chi connectivity index (χ0n) is 5.13. The fourth-order valence-corrected chi connectivity index (χ4v) is 0.170. The summed E-state index contributed by atoms with van der Waals surface area (Å²) in [6.45, 7) is 2.40. The van der Waals surface area contributed by atoms with Crippen LogP contribution in [0.1, 0.15) is 6.92 Å². The first-order valence-corrected chi connectivity index (χ1v) is 2.04. The summed E-state index contributed by atoms with van der Waals surface area (Å²) < 4.78 is 0. The summed E-state index contributed by atoms with van der Waals surface area (Å²) in [4.78, 5) is 0. The lowest BCUT2D eigenvalue weighted by Gasteiger charge is -2.11. The molecule has 0 aliphatic carbocycles. The van der Waals surface area contributed by atoms with E-state index >= 15 is 0 Å². The van der Waals surface area contributed by atoms with Crippen LogP contribution in [0.5, 0.6) is 0 Å². The summed E-state index contributed by atoms with van der Waals surface area (Å²) in [6, 6.07) is 0. The molecule has 0 atom stereocenters. The van der Waals surface area contributed by atoms with Gasteiger partial charge in [0, 0.05) is 6.54 Å². The van der Waals surface area contributed by atoms with Crippen molar-refractivity contribution in [1.29, 1.82) is 5.41 Å². The highest BCUT2D eigenvalue weighted by molar-refractivity contribution is 5.85. The Labute approximate surface area is 66.9 Å². The maximum absolute atomic E-state index is 6.68. The topological polar surface area (TPSA) is 79.1 Å². The lowest BCUT2D eigenvalue weighted by molar-refractivity contribution is 0.457. The third-order valence-electron chi connectivity index (χ3n) is 0.650. The molecule has 58 valence electrons. The van der Waals surface area contributed by atoms with Crippen LogP contribution in [0.4, 0.5) is 0 Å². The van der Waals surface area contributed by atoms with Gasteiger partial charge in [-0.25, -0.2) is 5.84 Å². The SMILES string of the molecule is CCN(N)C(=N)N.Cl.Cl. The second-order valence-corrected chi connectivity index (χ2v) is 1.17. The van der Waals surface area contributed by atoms with Gasteiger partial charge in [0.05, 0.1) is 0 Å². The van der Waals surface area contributed by atoms with Gasteiger partial charge in [0.15, 0.2) is 0 Å². The Morgan fingerprint density at radius 3 is 1.89 bits per heavy atom. The van der Waals surface area contributed by atoms with Crippen molar-refractivity contribution in [1.82, 2.24) is 5.01 Å². The fraction of sp³-hybridized carbons (Fsp3) is 0.667. The number of nitrogens with one attached hydrogen (secondary N) is 1. The first-order chi connectivity index (χ1) is 3.18. The van der Waals surface area contributed by atoms with Crippen molar-refractivity contribution in [2.45, 2.75) is 6.92 Å². The van der Waals surface area contributed by atoms with Gasteiger partial charge in [0.2, 0.25) is 5.96 Å². The molecule has 0 saturated carbocycles. The van der Waals surface area contributed by atoms with E-state index in [1.165, 1.54) is 0 Å². The number of rotatable bonds is 1.